The van der Waals surface area contributed by atoms with Gasteiger partial charge in [-0.1, -0.05) is 38.1 Å². The number of carbonyl (C=O) groups is 2. The van der Waals surface area contributed by atoms with Crippen LogP contribution in [0.5, 0.6) is 0 Å². The van der Waals surface area contributed by atoms with E-state index in [0.717, 1.165) is 16.7 Å². The van der Waals surface area contributed by atoms with Gasteiger partial charge < -0.3 is 14.5 Å². The summed E-state index contributed by atoms with van der Waals surface area (Å²) in [7, 11) is 3.45. The van der Waals surface area contributed by atoms with E-state index in [1.165, 1.54) is 0 Å². The van der Waals surface area contributed by atoms with Crippen molar-refractivity contribution in [2.45, 2.75) is 25.9 Å². The summed E-state index contributed by atoms with van der Waals surface area (Å²) in [4.78, 5) is 33.0. The maximum Gasteiger partial charge on any atom is 0.256 e. The molecule has 6 nitrogen and oxygen atoms in total. The number of hydrogen-bond donors (Lipinski definition) is 0. The van der Waals surface area contributed by atoms with Gasteiger partial charge >= 0.3 is 0 Å². The zero-order valence-electron chi connectivity index (χ0n) is 17.6. The van der Waals surface area contributed by atoms with Crippen LogP contribution in [0.1, 0.15) is 19.4 Å². The highest BCUT2D eigenvalue weighted by Gasteiger charge is 2.46. The quantitative estimate of drug-likeness (QED) is 0.781. The van der Waals surface area contributed by atoms with Crippen molar-refractivity contribution in [3.05, 3.63) is 54.4 Å². The molecular formula is C23H29N3O3. The molecule has 2 amide bonds. The molecule has 29 heavy (non-hydrogen) atoms. The molecule has 0 N–H and O–H groups in total. The summed E-state index contributed by atoms with van der Waals surface area (Å²) in [5.74, 6) is -0.172. The molecule has 154 valence electrons. The second kappa shape index (κ2) is 8.74. The summed E-state index contributed by atoms with van der Waals surface area (Å²) in [5.41, 5.74) is 2.11. The van der Waals surface area contributed by atoms with Gasteiger partial charge in [-0.3, -0.25) is 14.6 Å². The molecule has 1 aromatic heterocycles. The number of nitrogens with zero attached hydrogens (tertiary/aromatic N) is 3. The van der Waals surface area contributed by atoms with Gasteiger partial charge in [0.05, 0.1) is 13.2 Å². The van der Waals surface area contributed by atoms with E-state index in [1.807, 2.05) is 50.2 Å². The van der Waals surface area contributed by atoms with Crippen molar-refractivity contribution in [3.8, 4) is 11.1 Å². The summed E-state index contributed by atoms with van der Waals surface area (Å²) >= 11 is 0. The average molecular weight is 396 g/mol. The fourth-order valence-electron chi connectivity index (χ4n) is 3.75. The molecule has 0 spiro atoms. The van der Waals surface area contributed by atoms with E-state index >= 15 is 0 Å². The third kappa shape index (κ3) is 4.65. The molecule has 2 heterocycles. The highest BCUT2D eigenvalue weighted by atomic mass is 16.5. The van der Waals surface area contributed by atoms with Gasteiger partial charge in [-0.2, -0.15) is 0 Å². The van der Waals surface area contributed by atoms with Crippen LogP contribution in [0.25, 0.3) is 11.1 Å². The van der Waals surface area contributed by atoms with Crippen molar-refractivity contribution in [1.82, 2.24) is 14.8 Å². The van der Waals surface area contributed by atoms with Crippen molar-refractivity contribution >= 4 is 11.8 Å². The highest BCUT2D eigenvalue weighted by molar-refractivity contribution is 5.87. The van der Waals surface area contributed by atoms with Gasteiger partial charge in [0.15, 0.2) is 5.60 Å². The molecule has 1 aromatic carbocycles. The number of carbonyl (C=O) groups excluding carboxylic acids is 2. The molecule has 0 saturated carbocycles. The molecule has 1 fully saturated rings. The number of rotatable bonds is 5. The van der Waals surface area contributed by atoms with Gasteiger partial charge in [0.1, 0.15) is 0 Å². The summed E-state index contributed by atoms with van der Waals surface area (Å²) in [6, 6.07) is 12.0. The molecular weight excluding hydrogens is 366 g/mol. The molecule has 1 atom stereocenters. The van der Waals surface area contributed by atoms with E-state index in [0.29, 0.717) is 19.6 Å². The third-order valence-electron chi connectivity index (χ3n) is 5.24. The molecule has 0 aliphatic carbocycles. The third-order valence-corrected chi connectivity index (χ3v) is 5.24. The van der Waals surface area contributed by atoms with E-state index in [1.54, 1.807) is 36.3 Å². The lowest BCUT2D eigenvalue weighted by atomic mass is 9.89. The van der Waals surface area contributed by atoms with Crippen LogP contribution in [0.4, 0.5) is 0 Å². The minimum absolute atomic E-state index is 0.0530. The lowest BCUT2D eigenvalue weighted by Crippen LogP contribution is -2.62. The summed E-state index contributed by atoms with van der Waals surface area (Å²) < 4.78 is 6.07. The summed E-state index contributed by atoms with van der Waals surface area (Å²) in [5, 5.41) is 0. The van der Waals surface area contributed by atoms with Gasteiger partial charge in [0, 0.05) is 45.4 Å². The topological polar surface area (TPSA) is 62.7 Å². The molecule has 1 aliphatic rings. The van der Waals surface area contributed by atoms with E-state index in [2.05, 4.69) is 4.98 Å². The van der Waals surface area contributed by atoms with Gasteiger partial charge in [-0.05, 0) is 28.8 Å². The number of benzene rings is 1. The van der Waals surface area contributed by atoms with Crippen LogP contribution < -0.4 is 0 Å². The molecule has 0 bridgehead atoms. The first-order chi connectivity index (χ1) is 13.8. The zero-order valence-corrected chi connectivity index (χ0v) is 17.6. The Morgan fingerprint density at radius 3 is 2.31 bits per heavy atom. The Morgan fingerprint density at radius 2 is 1.72 bits per heavy atom. The predicted molar refractivity (Wildman–Crippen MR) is 112 cm³/mol. The Bertz CT molecular complexity index is 849. The maximum absolute atomic E-state index is 13.1. The van der Waals surface area contributed by atoms with Crippen LogP contribution in [0.2, 0.25) is 0 Å². The lowest BCUT2D eigenvalue weighted by Gasteiger charge is -2.43. The number of ether oxygens (including phenoxy) is 1. The van der Waals surface area contributed by atoms with Gasteiger partial charge in [-0.25, -0.2) is 0 Å². The monoisotopic (exact) mass is 395 g/mol. The highest BCUT2D eigenvalue weighted by Crippen LogP contribution is 2.28. The van der Waals surface area contributed by atoms with Crippen LogP contribution >= 0.6 is 0 Å². The van der Waals surface area contributed by atoms with Crippen molar-refractivity contribution in [3.63, 3.8) is 0 Å². The fraction of sp³-hybridized carbons (Fsp3) is 0.435. The number of aromatic nitrogens is 1. The van der Waals surface area contributed by atoms with Crippen LogP contribution in [0, 0.1) is 5.92 Å². The number of likely N-dealkylation sites (N-methyl/N-ethyl adjacent to an activating group) is 1. The smallest absolute Gasteiger partial charge is 0.256 e. The van der Waals surface area contributed by atoms with Crippen molar-refractivity contribution in [2.24, 2.45) is 5.92 Å². The standard InChI is InChI=1S/C23H29N3O3/c1-17(2)21(27)26-13-14-29-23(16-26,22(28)25(3)4)15-18-5-7-19(8-6-18)20-9-11-24-12-10-20/h5-12,17H,13-16H2,1-4H3. The average Bonchev–Trinajstić information content (AvgIpc) is 2.73. The first kappa shape index (κ1) is 21.0. The first-order valence-electron chi connectivity index (χ1n) is 9.96. The molecule has 2 aromatic rings. The second-order valence-electron chi connectivity index (χ2n) is 8.07. The minimum Gasteiger partial charge on any atom is -0.361 e. The molecule has 6 heteroatoms. The van der Waals surface area contributed by atoms with Crippen LogP contribution in [0.3, 0.4) is 0 Å². The Balaban J connectivity index is 1.86. The normalized spacial score (nSPS) is 19.3. The fourth-order valence-corrected chi connectivity index (χ4v) is 3.75. The van der Waals surface area contributed by atoms with E-state index in [4.69, 9.17) is 4.74 Å². The molecule has 0 radical (unpaired) electrons. The molecule has 1 aliphatic heterocycles. The Morgan fingerprint density at radius 1 is 1.10 bits per heavy atom. The van der Waals surface area contributed by atoms with E-state index in [9.17, 15) is 9.59 Å². The summed E-state index contributed by atoms with van der Waals surface area (Å²) in [6.45, 7) is 4.90. The SMILES string of the molecule is CC(C)C(=O)N1CCOC(Cc2ccc(-c3ccncc3)cc2)(C(=O)N(C)C)C1. The largest absolute Gasteiger partial charge is 0.361 e. The lowest BCUT2D eigenvalue weighted by molar-refractivity contribution is -0.173. The number of hydrogen-bond acceptors (Lipinski definition) is 4. The van der Waals surface area contributed by atoms with Crippen molar-refractivity contribution in [2.75, 3.05) is 33.8 Å². The van der Waals surface area contributed by atoms with Crippen LogP contribution in [-0.4, -0.2) is 66.0 Å². The second-order valence-corrected chi connectivity index (χ2v) is 8.07. The number of amides is 2. The maximum atomic E-state index is 13.1. The van der Waals surface area contributed by atoms with Crippen LogP contribution in [0.15, 0.2) is 48.8 Å². The minimum atomic E-state index is -1.06. The van der Waals surface area contributed by atoms with E-state index < -0.39 is 5.60 Å². The predicted octanol–water partition coefficient (Wildman–Crippen LogP) is 2.63. The Kier molecular flexibility index (Phi) is 6.33. The first-order valence-corrected chi connectivity index (χ1v) is 9.96. The molecule has 3 rings (SSSR count). The number of pyridine rings is 1. The van der Waals surface area contributed by atoms with Gasteiger partial charge in [-0.15, -0.1) is 0 Å². The van der Waals surface area contributed by atoms with Crippen molar-refractivity contribution < 1.29 is 14.3 Å². The molecule has 1 unspecified atom stereocenters. The van der Waals surface area contributed by atoms with Gasteiger partial charge in [0.25, 0.3) is 5.91 Å². The Labute approximate surface area is 172 Å². The van der Waals surface area contributed by atoms with Gasteiger partial charge in [0.2, 0.25) is 5.91 Å². The summed E-state index contributed by atoms with van der Waals surface area (Å²) in [6.07, 6.45) is 3.96. The molecule has 1 saturated heterocycles. The van der Waals surface area contributed by atoms with E-state index in [-0.39, 0.29) is 24.3 Å². The Hall–Kier alpha value is -2.73. The van der Waals surface area contributed by atoms with Crippen molar-refractivity contribution in [1.29, 1.82) is 0 Å². The zero-order chi connectivity index (χ0) is 21.0. The number of morpholine rings is 1. The van der Waals surface area contributed by atoms with Crippen LogP contribution in [-0.2, 0) is 20.7 Å².